The molecule has 0 radical (unpaired) electrons. The lowest BCUT2D eigenvalue weighted by Crippen LogP contribution is -2.41. The summed E-state index contributed by atoms with van der Waals surface area (Å²) in [6.45, 7) is 1.44. The van der Waals surface area contributed by atoms with E-state index < -0.39 is 0 Å². The highest BCUT2D eigenvalue weighted by Crippen LogP contribution is 2.24. The Morgan fingerprint density at radius 3 is 2.83 bits per heavy atom. The second kappa shape index (κ2) is 6.27. The minimum absolute atomic E-state index is 0.0259. The third kappa shape index (κ3) is 2.68. The first kappa shape index (κ1) is 14.6. The van der Waals surface area contributed by atoms with Crippen LogP contribution in [0.4, 0.5) is 0 Å². The smallest absolute Gasteiger partial charge is 0.256 e. The molecule has 1 unspecified atom stereocenters. The van der Waals surface area contributed by atoms with Crippen molar-refractivity contribution in [1.82, 2.24) is 29.7 Å². The fraction of sp³-hybridized carbons (Fsp3) is 0.294. The summed E-state index contributed by atoms with van der Waals surface area (Å²) in [4.78, 5) is 15.0. The number of piperidine rings is 1. The van der Waals surface area contributed by atoms with E-state index in [1.54, 1.807) is 23.3 Å². The second-order valence-corrected chi connectivity index (χ2v) is 5.90. The van der Waals surface area contributed by atoms with Gasteiger partial charge in [0.15, 0.2) is 0 Å². The van der Waals surface area contributed by atoms with Crippen molar-refractivity contribution in [2.45, 2.75) is 18.9 Å². The zero-order chi connectivity index (χ0) is 16.4. The number of nitrogens with zero attached hydrogens (tertiary/aromatic N) is 6. The van der Waals surface area contributed by atoms with Crippen LogP contribution in [-0.2, 0) is 0 Å². The lowest BCUT2D eigenvalue weighted by atomic mass is 10.0. The van der Waals surface area contributed by atoms with Crippen LogP contribution in [0, 0.1) is 0 Å². The number of aromatic nitrogens is 5. The normalized spacial score (nSPS) is 17.8. The van der Waals surface area contributed by atoms with Crippen LogP contribution in [-0.4, -0.2) is 48.7 Å². The van der Waals surface area contributed by atoms with Gasteiger partial charge in [-0.15, -0.1) is 5.10 Å². The van der Waals surface area contributed by atoms with E-state index in [2.05, 4.69) is 15.4 Å². The van der Waals surface area contributed by atoms with Gasteiger partial charge in [-0.2, -0.15) is 5.10 Å². The van der Waals surface area contributed by atoms with Crippen LogP contribution in [0.15, 0.2) is 55.1 Å². The van der Waals surface area contributed by atoms with Crippen LogP contribution in [0.5, 0.6) is 0 Å². The predicted octanol–water partition coefficient (Wildman–Crippen LogP) is 1.94. The standard InChI is InChI=1S/C17H18N6O/c24-17(15-6-1-2-7-16(15)23-12-9-18-20-23)21-10-3-5-14(13-21)22-11-4-8-19-22/h1-2,4,6-9,11-12,14H,3,5,10,13H2. The van der Waals surface area contributed by atoms with Gasteiger partial charge in [-0.05, 0) is 31.0 Å². The quantitative estimate of drug-likeness (QED) is 0.739. The van der Waals surface area contributed by atoms with E-state index >= 15 is 0 Å². The average Bonchev–Trinajstić information content (AvgIpc) is 3.35. The van der Waals surface area contributed by atoms with E-state index in [-0.39, 0.29) is 11.9 Å². The van der Waals surface area contributed by atoms with Crippen LogP contribution in [0.1, 0.15) is 29.2 Å². The molecular weight excluding hydrogens is 304 g/mol. The Morgan fingerprint density at radius 2 is 2.04 bits per heavy atom. The van der Waals surface area contributed by atoms with E-state index in [4.69, 9.17) is 0 Å². The molecule has 4 rings (SSSR count). The summed E-state index contributed by atoms with van der Waals surface area (Å²) in [6.07, 6.45) is 9.10. The van der Waals surface area contributed by atoms with Crippen molar-refractivity contribution in [2.75, 3.05) is 13.1 Å². The van der Waals surface area contributed by atoms with Crippen LogP contribution in [0.3, 0.4) is 0 Å². The van der Waals surface area contributed by atoms with Gasteiger partial charge in [-0.3, -0.25) is 9.48 Å². The molecule has 1 aliphatic rings. The number of likely N-dealkylation sites (tertiary alicyclic amines) is 1. The zero-order valence-electron chi connectivity index (χ0n) is 13.2. The first-order valence-electron chi connectivity index (χ1n) is 8.07. The summed E-state index contributed by atoms with van der Waals surface area (Å²) >= 11 is 0. The lowest BCUT2D eigenvalue weighted by molar-refractivity contribution is 0.0673. The number of carbonyl (C=O) groups is 1. The average molecular weight is 322 g/mol. The Morgan fingerprint density at radius 1 is 1.12 bits per heavy atom. The first-order chi connectivity index (χ1) is 11.8. The molecule has 7 nitrogen and oxygen atoms in total. The van der Waals surface area contributed by atoms with Crippen LogP contribution < -0.4 is 0 Å². The van der Waals surface area contributed by atoms with E-state index in [1.807, 2.05) is 46.1 Å². The Labute approximate surface area is 139 Å². The van der Waals surface area contributed by atoms with Gasteiger partial charge in [0.1, 0.15) is 0 Å². The number of amides is 1. The third-order valence-electron chi connectivity index (χ3n) is 4.39. The molecule has 1 fully saturated rings. The Bertz CT molecular complexity index is 811. The maximum absolute atomic E-state index is 13.1. The van der Waals surface area contributed by atoms with Gasteiger partial charge < -0.3 is 4.90 Å². The van der Waals surface area contributed by atoms with Gasteiger partial charge in [0, 0.05) is 25.5 Å². The third-order valence-corrected chi connectivity index (χ3v) is 4.39. The minimum Gasteiger partial charge on any atom is -0.336 e. The molecular formula is C17H18N6O. The summed E-state index contributed by atoms with van der Waals surface area (Å²) in [6, 6.07) is 9.66. The molecule has 1 amide bonds. The molecule has 122 valence electrons. The van der Waals surface area contributed by atoms with Gasteiger partial charge in [0.05, 0.1) is 29.7 Å². The first-order valence-corrected chi connectivity index (χ1v) is 8.07. The molecule has 7 heteroatoms. The van der Waals surface area contributed by atoms with Crippen molar-refractivity contribution < 1.29 is 4.79 Å². The maximum atomic E-state index is 13.1. The topological polar surface area (TPSA) is 68.8 Å². The molecule has 0 spiro atoms. The van der Waals surface area contributed by atoms with Crippen molar-refractivity contribution in [3.63, 3.8) is 0 Å². The summed E-state index contributed by atoms with van der Waals surface area (Å²) in [5.41, 5.74) is 1.39. The molecule has 1 atom stereocenters. The summed E-state index contributed by atoms with van der Waals surface area (Å²) < 4.78 is 3.57. The van der Waals surface area contributed by atoms with E-state index in [0.29, 0.717) is 12.1 Å². The molecule has 24 heavy (non-hydrogen) atoms. The van der Waals surface area contributed by atoms with Crippen molar-refractivity contribution in [2.24, 2.45) is 0 Å². The van der Waals surface area contributed by atoms with Gasteiger partial charge in [-0.25, -0.2) is 4.68 Å². The monoisotopic (exact) mass is 322 g/mol. The van der Waals surface area contributed by atoms with E-state index in [0.717, 1.165) is 25.1 Å². The SMILES string of the molecule is O=C(c1ccccc1-n1ccnn1)N1CCCC(n2cccn2)C1. The number of rotatable bonds is 3. The molecule has 1 aliphatic heterocycles. The highest BCUT2D eigenvalue weighted by molar-refractivity contribution is 5.97. The van der Waals surface area contributed by atoms with Gasteiger partial charge in [0.2, 0.25) is 0 Å². The zero-order valence-corrected chi connectivity index (χ0v) is 13.2. The van der Waals surface area contributed by atoms with Crippen LogP contribution in [0.2, 0.25) is 0 Å². The predicted molar refractivity (Wildman–Crippen MR) is 87.8 cm³/mol. The number of hydrogen-bond donors (Lipinski definition) is 0. The molecule has 1 aromatic carbocycles. The van der Waals surface area contributed by atoms with Crippen molar-refractivity contribution in [3.05, 3.63) is 60.7 Å². The summed E-state index contributed by atoms with van der Waals surface area (Å²) in [7, 11) is 0. The largest absolute Gasteiger partial charge is 0.336 e. The Kier molecular flexibility index (Phi) is 3.82. The molecule has 1 saturated heterocycles. The van der Waals surface area contributed by atoms with Gasteiger partial charge >= 0.3 is 0 Å². The van der Waals surface area contributed by atoms with Crippen molar-refractivity contribution >= 4 is 5.91 Å². The van der Waals surface area contributed by atoms with E-state index in [1.165, 1.54) is 0 Å². The summed E-state index contributed by atoms with van der Waals surface area (Å²) in [5.74, 6) is 0.0259. The number of para-hydroxylation sites is 1. The molecule has 0 saturated carbocycles. The molecule has 3 heterocycles. The van der Waals surface area contributed by atoms with Crippen molar-refractivity contribution in [1.29, 1.82) is 0 Å². The van der Waals surface area contributed by atoms with E-state index in [9.17, 15) is 4.79 Å². The maximum Gasteiger partial charge on any atom is 0.256 e. The number of benzene rings is 1. The fourth-order valence-electron chi connectivity index (χ4n) is 3.21. The molecule has 2 aromatic heterocycles. The Hall–Kier alpha value is -2.96. The van der Waals surface area contributed by atoms with Crippen LogP contribution in [0.25, 0.3) is 5.69 Å². The molecule has 0 N–H and O–H groups in total. The second-order valence-electron chi connectivity index (χ2n) is 5.90. The molecule has 0 bridgehead atoms. The highest BCUT2D eigenvalue weighted by Gasteiger charge is 2.27. The summed E-state index contributed by atoms with van der Waals surface area (Å²) in [5, 5.41) is 12.2. The van der Waals surface area contributed by atoms with Gasteiger partial charge in [-0.1, -0.05) is 17.3 Å². The highest BCUT2D eigenvalue weighted by atomic mass is 16.2. The molecule has 0 aliphatic carbocycles. The fourth-order valence-corrected chi connectivity index (χ4v) is 3.21. The Balaban J connectivity index is 1.60. The lowest BCUT2D eigenvalue weighted by Gasteiger charge is -2.33. The number of hydrogen-bond acceptors (Lipinski definition) is 4. The van der Waals surface area contributed by atoms with Gasteiger partial charge in [0.25, 0.3) is 5.91 Å². The van der Waals surface area contributed by atoms with Crippen LogP contribution >= 0.6 is 0 Å². The van der Waals surface area contributed by atoms with Crippen molar-refractivity contribution in [3.8, 4) is 5.69 Å². The number of carbonyl (C=O) groups excluding carboxylic acids is 1. The molecule has 3 aromatic rings. The minimum atomic E-state index is 0.0259.